The number of hydrogen-bond donors (Lipinski definition) is 7. The van der Waals surface area contributed by atoms with Crippen LogP contribution in [-0.4, -0.2) is 115 Å². The van der Waals surface area contributed by atoms with Gasteiger partial charge in [0.25, 0.3) is 5.91 Å². The van der Waals surface area contributed by atoms with Crippen LogP contribution in [0, 0.1) is 0 Å². The molecule has 40 heavy (non-hydrogen) atoms. The van der Waals surface area contributed by atoms with Gasteiger partial charge in [-0.05, 0) is 12.1 Å². The fourth-order valence-corrected chi connectivity index (χ4v) is 3.78. The highest BCUT2D eigenvalue weighted by Crippen LogP contribution is 2.27. The van der Waals surface area contributed by atoms with Crippen LogP contribution in [0.4, 0.5) is 0 Å². The molecule has 1 aromatic rings. The molecule has 15 heteroatoms. The molecule has 15 nitrogen and oxygen atoms in total. The van der Waals surface area contributed by atoms with E-state index in [1.165, 1.54) is 42.5 Å². The Hall–Kier alpha value is -5.05. The second-order valence-corrected chi connectivity index (χ2v) is 8.68. The summed E-state index contributed by atoms with van der Waals surface area (Å²) in [5.74, 6) is -4.28. The van der Waals surface area contributed by atoms with Crippen molar-refractivity contribution in [2.45, 2.75) is 12.8 Å². The Balaban J connectivity index is 1.57. The maximum atomic E-state index is 12.4. The number of aromatic hydroxyl groups is 2. The molecule has 0 aromatic heterocycles. The van der Waals surface area contributed by atoms with Gasteiger partial charge in [-0.3, -0.25) is 29.7 Å². The van der Waals surface area contributed by atoms with Gasteiger partial charge in [-0.2, -0.15) is 0 Å². The Morgan fingerprint density at radius 2 is 1.20 bits per heavy atom. The number of nitrogens with zero attached hydrogens (tertiary/aromatic N) is 3. The highest BCUT2D eigenvalue weighted by molar-refractivity contribution is 6.42. The summed E-state index contributed by atoms with van der Waals surface area (Å²) in [6.07, 6.45) is 5.48. The number of para-hydroxylation sites is 1. The molecule has 0 radical (unpaired) electrons. The molecular formula is C25H30N6O9+2. The third kappa shape index (κ3) is 7.50. The first-order valence-electron chi connectivity index (χ1n) is 12.3. The van der Waals surface area contributed by atoms with Crippen molar-refractivity contribution in [1.82, 2.24) is 20.9 Å². The van der Waals surface area contributed by atoms with Crippen LogP contribution in [-0.2, 0) is 19.2 Å². The molecule has 0 aliphatic carbocycles. The molecule has 7 N–H and O–H groups in total. The van der Waals surface area contributed by atoms with Crippen LogP contribution in [0.15, 0.2) is 42.5 Å². The summed E-state index contributed by atoms with van der Waals surface area (Å²) in [7, 11) is 0. The minimum atomic E-state index is -0.680. The third-order valence-corrected chi connectivity index (χ3v) is 5.93. The summed E-state index contributed by atoms with van der Waals surface area (Å²) < 4.78 is 0.559. The lowest BCUT2D eigenvalue weighted by molar-refractivity contribution is -0.704. The first-order valence-corrected chi connectivity index (χ1v) is 12.3. The van der Waals surface area contributed by atoms with E-state index in [4.69, 9.17) is 0 Å². The Bertz CT molecular complexity index is 1270. The van der Waals surface area contributed by atoms with Gasteiger partial charge >= 0.3 is 35.1 Å². The second-order valence-electron chi connectivity index (χ2n) is 8.68. The van der Waals surface area contributed by atoms with Crippen molar-refractivity contribution in [1.29, 1.82) is 0 Å². The van der Waals surface area contributed by atoms with Crippen molar-refractivity contribution >= 4 is 41.0 Å². The van der Waals surface area contributed by atoms with Crippen molar-refractivity contribution in [2.24, 2.45) is 0 Å². The van der Waals surface area contributed by atoms with E-state index in [0.29, 0.717) is 0 Å². The van der Waals surface area contributed by atoms with Gasteiger partial charge in [-0.25, -0.2) is 9.59 Å². The largest absolute Gasteiger partial charge is 0.504 e. The second kappa shape index (κ2) is 13.7. The maximum Gasteiger partial charge on any atom is 0.438 e. The van der Waals surface area contributed by atoms with Crippen LogP contribution < -0.4 is 16.0 Å². The molecular weight excluding hydrogens is 528 g/mol. The van der Waals surface area contributed by atoms with Crippen LogP contribution >= 0.6 is 0 Å². The maximum absolute atomic E-state index is 12.4. The molecule has 0 fully saturated rings. The molecule has 0 unspecified atom stereocenters. The molecule has 212 valence electrons. The lowest BCUT2D eigenvalue weighted by atomic mass is 10.1. The Morgan fingerprint density at radius 1 is 0.750 bits per heavy atom. The van der Waals surface area contributed by atoms with Crippen LogP contribution in [0.2, 0.25) is 0 Å². The summed E-state index contributed by atoms with van der Waals surface area (Å²) in [4.78, 5) is 62.2. The first-order chi connectivity index (χ1) is 19.1. The van der Waals surface area contributed by atoms with Crippen LogP contribution in [0.1, 0.15) is 23.2 Å². The van der Waals surface area contributed by atoms with E-state index < -0.39 is 41.0 Å². The van der Waals surface area contributed by atoms with Gasteiger partial charge in [0.2, 0.25) is 0 Å². The van der Waals surface area contributed by atoms with E-state index in [1.54, 1.807) is 4.90 Å². The van der Waals surface area contributed by atoms with Crippen LogP contribution in [0.3, 0.4) is 0 Å². The van der Waals surface area contributed by atoms with Crippen molar-refractivity contribution in [3.63, 3.8) is 0 Å². The number of amides is 5. The standard InChI is InChI=1S/C25H28N6O9/c32-19-7-1-4-16(22(19)35)23(36)26-10-13-29(14-11-27-24(37)17-5-2-8-20(33)30(17)39)15-12-28-25(38)18-6-3-9-21(34)31(18)40/h1-7,27,39H,8-15H2,(H3-,26,28,36,37,38,40)/p+2. The van der Waals surface area contributed by atoms with E-state index in [2.05, 4.69) is 16.0 Å². The predicted molar refractivity (Wildman–Crippen MR) is 136 cm³/mol. The average molecular weight is 559 g/mol. The molecule has 5 amide bonds. The summed E-state index contributed by atoms with van der Waals surface area (Å²) in [6, 6.07) is 3.98. The highest BCUT2D eigenvalue weighted by atomic mass is 16.5. The molecule has 2 heterocycles. The number of hydroxylamine groups is 2. The number of carbonyl (C=O) groups is 5. The summed E-state index contributed by atoms with van der Waals surface area (Å²) >= 11 is 0. The predicted octanol–water partition coefficient (Wildman–Crippen LogP) is -1.98. The number of hydrogen-bond acceptors (Lipinski definition) is 10. The number of phenolic OH excluding ortho intramolecular Hbond substituents is 2. The highest BCUT2D eigenvalue weighted by Gasteiger charge is 2.31. The van der Waals surface area contributed by atoms with E-state index in [-0.39, 0.29) is 78.6 Å². The van der Waals surface area contributed by atoms with E-state index in [9.17, 15) is 44.6 Å². The molecule has 2 aliphatic heterocycles. The van der Waals surface area contributed by atoms with Crippen molar-refractivity contribution in [2.75, 3.05) is 39.3 Å². The monoisotopic (exact) mass is 558 g/mol. The van der Waals surface area contributed by atoms with Gasteiger partial charge < -0.3 is 26.2 Å². The van der Waals surface area contributed by atoms with Crippen LogP contribution in [0.5, 0.6) is 11.5 Å². The fraction of sp³-hybridized carbons (Fsp3) is 0.320. The number of rotatable bonds is 12. The number of phenols is 2. The zero-order chi connectivity index (χ0) is 29.2. The number of nitrogens with one attached hydrogen (secondary N) is 3. The van der Waals surface area contributed by atoms with Gasteiger partial charge in [0.05, 0.1) is 27.9 Å². The van der Waals surface area contributed by atoms with E-state index in [1.807, 2.05) is 0 Å². The zero-order valence-corrected chi connectivity index (χ0v) is 21.4. The van der Waals surface area contributed by atoms with Crippen molar-refractivity contribution in [3.8, 4) is 11.5 Å². The lowest BCUT2D eigenvalue weighted by Gasteiger charge is -2.22. The topological polar surface area (TPSA) is 212 Å². The van der Waals surface area contributed by atoms with Crippen molar-refractivity contribution < 1.29 is 54.1 Å². The van der Waals surface area contributed by atoms with Gasteiger partial charge in [0, 0.05) is 51.4 Å². The third-order valence-electron chi connectivity index (χ3n) is 5.93. The zero-order valence-electron chi connectivity index (χ0n) is 21.4. The summed E-state index contributed by atoms with van der Waals surface area (Å²) in [5.41, 5.74) is -0.574. The van der Waals surface area contributed by atoms with Gasteiger partial charge in [-0.1, -0.05) is 18.2 Å². The summed E-state index contributed by atoms with van der Waals surface area (Å²) in [6.45, 7) is 0.935. The average Bonchev–Trinajstić information content (AvgIpc) is 2.92. The minimum Gasteiger partial charge on any atom is -0.504 e. The molecule has 0 spiro atoms. The molecule has 0 saturated carbocycles. The van der Waals surface area contributed by atoms with Crippen LogP contribution in [0.25, 0.3) is 0 Å². The SMILES string of the molecule is O=C(NCCN(CCNC(=O)C1=[N+](O)C(=O)CC=C1)CCNC(=O)c1cccc(O)c1O)C1=[N+](O)C(=O)CC=C1. The Labute approximate surface area is 227 Å². The quantitative estimate of drug-likeness (QED) is 0.0650. The van der Waals surface area contributed by atoms with Gasteiger partial charge in [-0.15, -0.1) is 0 Å². The molecule has 0 atom stereocenters. The number of benzene rings is 1. The smallest absolute Gasteiger partial charge is 0.438 e. The molecule has 2 aliphatic rings. The normalized spacial score (nSPS) is 15.0. The van der Waals surface area contributed by atoms with E-state index >= 15 is 0 Å². The molecule has 1 aromatic carbocycles. The molecule has 3 rings (SSSR count). The first kappa shape index (κ1) is 29.5. The lowest BCUT2D eigenvalue weighted by Crippen LogP contribution is -2.46. The molecule has 0 saturated heterocycles. The summed E-state index contributed by atoms with van der Waals surface area (Å²) in [5, 5.41) is 46.9. The minimum absolute atomic E-state index is 0.0317. The Morgan fingerprint density at radius 3 is 1.68 bits per heavy atom. The van der Waals surface area contributed by atoms with Gasteiger partial charge in [0.15, 0.2) is 11.5 Å². The number of carbonyl (C=O) groups excluding carboxylic acids is 5. The van der Waals surface area contributed by atoms with Crippen molar-refractivity contribution in [3.05, 3.63) is 48.1 Å². The fourth-order valence-electron chi connectivity index (χ4n) is 3.78. The van der Waals surface area contributed by atoms with E-state index in [0.717, 1.165) is 0 Å². The molecule has 0 bridgehead atoms. The van der Waals surface area contributed by atoms with Gasteiger partial charge in [0.1, 0.15) is 0 Å². The Kier molecular flexibility index (Phi) is 10.1.